The average molecular weight is 270 g/mol. The highest BCUT2D eigenvalue weighted by Crippen LogP contribution is 2.35. The fraction of sp³-hybridized carbons (Fsp3) is 0.417. The van der Waals surface area contributed by atoms with Crippen LogP contribution in [0.5, 0.6) is 5.75 Å². The number of likely N-dealkylation sites (N-methyl/N-ethyl adjacent to an activating group) is 1. The second kappa shape index (κ2) is 5.46. The van der Waals surface area contributed by atoms with Crippen LogP contribution in [0.3, 0.4) is 0 Å². The third-order valence-electron chi connectivity index (χ3n) is 2.99. The molecule has 1 aliphatic rings. The molecule has 1 aliphatic heterocycles. The topological polar surface area (TPSA) is 50.5 Å². The van der Waals surface area contributed by atoms with E-state index in [1.165, 1.54) is 0 Å². The van der Waals surface area contributed by atoms with Crippen molar-refractivity contribution in [3.63, 3.8) is 0 Å². The zero-order chi connectivity index (χ0) is 11.7. The van der Waals surface area contributed by atoms with Gasteiger partial charge in [0.2, 0.25) is 0 Å². The molecule has 0 aliphatic carbocycles. The monoisotopic (exact) mass is 269 g/mol. The molecule has 0 atom stereocenters. The Hall–Kier alpha value is -1.46. The van der Waals surface area contributed by atoms with Crippen molar-refractivity contribution in [2.75, 3.05) is 38.2 Å². The molecule has 2 heterocycles. The highest BCUT2D eigenvalue weighted by molar-refractivity contribution is 5.94. The van der Waals surface area contributed by atoms with Crippen molar-refractivity contribution >= 4 is 29.2 Å². The van der Waals surface area contributed by atoms with Crippen LogP contribution in [0.4, 0.5) is 5.82 Å². The quantitative estimate of drug-likeness (QED) is 0.919. The summed E-state index contributed by atoms with van der Waals surface area (Å²) >= 11 is 0. The fourth-order valence-corrected chi connectivity index (χ4v) is 2.12. The van der Waals surface area contributed by atoms with E-state index in [4.69, 9.17) is 9.26 Å². The van der Waals surface area contributed by atoms with E-state index in [0.717, 1.165) is 42.2 Å². The molecule has 0 amide bonds. The van der Waals surface area contributed by atoms with E-state index in [1.807, 2.05) is 25.2 Å². The van der Waals surface area contributed by atoms with Gasteiger partial charge in [-0.3, -0.25) is 0 Å². The number of hydrogen-bond acceptors (Lipinski definition) is 5. The molecule has 0 saturated heterocycles. The minimum Gasteiger partial charge on any atom is -0.491 e. The van der Waals surface area contributed by atoms with Crippen LogP contribution in [0.1, 0.15) is 0 Å². The van der Waals surface area contributed by atoms with E-state index in [-0.39, 0.29) is 12.4 Å². The molecule has 18 heavy (non-hydrogen) atoms. The summed E-state index contributed by atoms with van der Waals surface area (Å²) in [7, 11) is 1.95. The summed E-state index contributed by atoms with van der Waals surface area (Å²) < 4.78 is 11.1. The van der Waals surface area contributed by atoms with Crippen LogP contribution in [-0.2, 0) is 0 Å². The Labute approximate surface area is 111 Å². The second-order valence-electron chi connectivity index (χ2n) is 4.07. The summed E-state index contributed by atoms with van der Waals surface area (Å²) in [5.74, 6) is 1.76. The van der Waals surface area contributed by atoms with Crippen molar-refractivity contribution in [1.29, 1.82) is 0 Å². The molecular weight excluding hydrogens is 254 g/mol. The number of benzene rings is 1. The molecule has 6 heteroatoms. The van der Waals surface area contributed by atoms with Crippen LogP contribution in [0, 0.1) is 0 Å². The van der Waals surface area contributed by atoms with E-state index < -0.39 is 0 Å². The molecule has 1 N–H and O–H groups in total. The second-order valence-corrected chi connectivity index (χ2v) is 4.07. The van der Waals surface area contributed by atoms with Gasteiger partial charge in [0.1, 0.15) is 17.7 Å². The molecule has 1 aromatic carbocycles. The van der Waals surface area contributed by atoms with Gasteiger partial charge >= 0.3 is 0 Å². The third-order valence-corrected chi connectivity index (χ3v) is 2.99. The van der Waals surface area contributed by atoms with Crippen LogP contribution < -0.4 is 15.0 Å². The van der Waals surface area contributed by atoms with Crippen LogP contribution in [0.25, 0.3) is 11.0 Å². The smallest absolute Gasteiger partial charge is 0.183 e. The number of rotatable bonds is 3. The normalized spacial score (nSPS) is 13.9. The van der Waals surface area contributed by atoms with Crippen molar-refractivity contribution in [2.45, 2.75) is 0 Å². The summed E-state index contributed by atoms with van der Waals surface area (Å²) in [6.45, 7) is 3.32. The van der Waals surface area contributed by atoms with Gasteiger partial charge in [0.15, 0.2) is 11.4 Å². The summed E-state index contributed by atoms with van der Waals surface area (Å²) in [4.78, 5) is 2.19. The molecule has 98 valence electrons. The standard InChI is InChI=1S/C12H15N3O2.ClH/c1-13-5-6-15-7-8-16-9-3-2-4-10-11(9)12(15)14-17-10;/h2-4,13H,5-8H2,1H3;1H. The van der Waals surface area contributed by atoms with Crippen LogP contribution in [-0.4, -0.2) is 38.4 Å². The number of anilines is 1. The van der Waals surface area contributed by atoms with Crippen molar-refractivity contribution in [3.05, 3.63) is 18.2 Å². The predicted molar refractivity (Wildman–Crippen MR) is 72.9 cm³/mol. The van der Waals surface area contributed by atoms with Gasteiger partial charge in [-0.15, -0.1) is 12.4 Å². The number of ether oxygens (including phenoxy) is 1. The largest absolute Gasteiger partial charge is 0.491 e. The molecule has 0 bridgehead atoms. The van der Waals surface area contributed by atoms with Gasteiger partial charge < -0.3 is 19.5 Å². The van der Waals surface area contributed by atoms with Gasteiger partial charge in [0, 0.05) is 13.1 Å². The molecule has 0 unspecified atom stereocenters. The average Bonchev–Trinajstić information content (AvgIpc) is 2.69. The maximum absolute atomic E-state index is 5.73. The molecular formula is C12H16ClN3O2. The number of aromatic nitrogens is 1. The van der Waals surface area contributed by atoms with Gasteiger partial charge in [0.05, 0.1) is 6.54 Å². The summed E-state index contributed by atoms with van der Waals surface area (Å²) in [6.07, 6.45) is 0. The maximum atomic E-state index is 5.73. The molecule has 0 spiro atoms. The Kier molecular flexibility index (Phi) is 3.93. The Morgan fingerprint density at radius 2 is 2.33 bits per heavy atom. The minimum atomic E-state index is 0. The molecule has 3 rings (SSSR count). The van der Waals surface area contributed by atoms with Gasteiger partial charge in [0.25, 0.3) is 0 Å². The highest BCUT2D eigenvalue weighted by atomic mass is 35.5. The minimum absolute atomic E-state index is 0. The summed E-state index contributed by atoms with van der Waals surface area (Å²) in [6, 6.07) is 5.81. The maximum Gasteiger partial charge on any atom is 0.183 e. The van der Waals surface area contributed by atoms with Crippen LogP contribution in [0.15, 0.2) is 22.7 Å². The lowest BCUT2D eigenvalue weighted by atomic mass is 10.2. The highest BCUT2D eigenvalue weighted by Gasteiger charge is 2.21. The van der Waals surface area contributed by atoms with E-state index >= 15 is 0 Å². The van der Waals surface area contributed by atoms with E-state index in [1.54, 1.807) is 0 Å². The molecule has 0 fully saturated rings. The third kappa shape index (κ3) is 2.11. The fourth-order valence-electron chi connectivity index (χ4n) is 2.12. The lowest BCUT2D eigenvalue weighted by molar-refractivity contribution is 0.329. The lowest BCUT2D eigenvalue weighted by Crippen LogP contribution is -2.33. The first-order valence-corrected chi connectivity index (χ1v) is 5.81. The number of hydrogen-bond donors (Lipinski definition) is 1. The van der Waals surface area contributed by atoms with Crippen molar-refractivity contribution in [1.82, 2.24) is 10.5 Å². The molecule has 1 aromatic heterocycles. The molecule has 2 aromatic rings. The number of nitrogens with zero attached hydrogens (tertiary/aromatic N) is 2. The van der Waals surface area contributed by atoms with Crippen molar-refractivity contribution < 1.29 is 9.26 Å². The number of nitrogens with one attached hydrogen (secondary N) is 1. The number of halogens is 1. The van der Waals surface area contributed by atoms with Gasteiger partial charge in [-0.25, -0.2) is 0 Å². The van der Waals surface area contributed by atoms with Crippen molar-refractivity contribution in [3.8, 4) is 5.75 Å². The van der Waals surface area contributed by atoms with E-state index in [9.17, 15) is 0 Å². The van der Waals surface area contributed by atoms with Crippen molar-refractivity contribution in [2.24, 2.45) is 0 Å². The Morgan fingerprint density at radius 1 is 1.44 bits per heavy atom. The Bertz CT molecular complexity index is 529. The predicted octanol–water partition coefficient (Wildman–Crippen LogP) is 1.67. The zero-order valence-corrected chi connectivity index (χ0v) is 11.0. The molecule has 5 nitrogen and oxygen atoms in total. The molecule has 0 radical (unpaired) electrons. The summed E-state index contributed by atoms with van der Waals surface area (Å²) in [5, 5.41) is 8.29. The molecule has 0 saturated carbocycles. The van der Waals surface area contributed by atoms with Crippen LogP contribution >= 0.6 is 12.4 Å². The van der Waals surface area contributed by atoms with Crippen LogP contribution in [0.2, 0.25) is 0 Å². The summed E-state index contributed by atoms with van der Waals surface area (Å²) in [5.41, 5.74) is 0.786. The SMILES string of the molecule is CNCCN1CCOc2cccc3onc1c23.Cl. The van der Waals surface area contributed by atoms with Gasteiger partial charge in [-0.05, 0) is 19.2 Å². The van der Waals surface area contributed by atoms with Gasteiger partial charge in [-0.2, -0.15) is 0 Å². The van der Waals surface area contributed by atoms with Gasteiger partial charge in [-0.1, -0.05) is 11.2 Å². The zero-order valence-electron chi connectivity index (χ0n) is 10.2. The van der Waals surface area contributed by atoms with E-state index in [2.05, 4.69) is 15.4 Å². The Balaban J connectivity index is 0.00000120. The van der Waals surface area contributed by atoms with E-state index in [0.29, 0.717) is 6.61 Å². The Morgan fingerprint density at radius 3 is 3.17 bits per heavy atom. The lowest BCUT2D eigenvalue weighted by Gasteiger charge is -2.19. The first kappa shape index (κ1) is 13.0. The first-order valence-electron chi connectivity index (χ1n) is 5.81. The first-order chi connectivity index (χ1) is 8.40.